The van der Waals surface area contributed by atoms with E-state index in [2.05, 4.69) is 32.0 Å². The van der Waals surface area contributed by atoms with E-state index in [1.54, 1.807) is 18.5 Å². The Bertz CT molecular complexity index is 640. The van der Waals surface area contributed by atoms with Crippen LogP contribution in [0.1, 0.15) is 18.4 Å². The largest absolute Gasteiger partial charge is 0.463 e. The fourth-order valence-corrected chi connectivity index (χ4v) is 3.78. The SMILES string of the molecule is c1cnc(OC[C@@H]2CC[C@H]3[C@H]2OCCN3Cc2ccncc2)nc1. The molecule has 2 aliphatic rings. The molecule has 126 valence electrons. The fourth-order valence-electron chi connectivity index (χ4n) is 3.78. The molecule has 1 saturated heterocycles. The Balaban J connectivity index is 1.37. The van der Waals surface area contributed by atoms with Crippen LogP contribution in [-0.4, -0.2) is 51.8 Å². The van der Waals surface area contributed by atoms with Gasteiger partial charge in [0.1, 0.15) is 0 Å². The van der Waals surface area contributed by atoms with Gasteiger partial charge in [-0.3, -0.25) is 9.88 Å². The predicted octanol–water partition coefficient (Wildman–Crippen LogP) is 1.93. The summed E-state index contributed by atoms with van der Waals surface area (Å²) in [5.41, 5.74) is 1.31. The molecule has 3 atom stereocenters. The zero-order chi connectivity index (χ0) is 16.2. The van der Waals surface area contributed by atoms with Gasteiger partial charge in [0.15, 0.2) is 0 Å². The number of aromatic nitrogens is 3. The monoisotopic (exact) mass is 326 g/mol. The topological polar surface area (TPSA) is 60.4 Å². The maximum atomic E-state index is 6.10. The lowest BCUT2D eigenvalue weighted by molar-refractivity contribution is -0.0819. The summed E-state index contributed by atoms with van der Waals surface area (Å²) in [7, 11) is 0. The molecule has 0 bridgehead atoms. The number of nitrogens with zero attached hydrogens (tertiary/aromatic N) is 4. The first-order valence-corrected chi connectivity index (χ1v) is 8.54. The van der Waals surface area contributed by atoms with Gasteiger partial charge in [0, 0.05) is 49.8 Å². The Morgan fingerprint density at radius 3 is 2.79 bits per heavy atom. The van der Waals surface area contributed by atoms with E-state index >= 15 is 0 Å². The molecule has 0 unspecified atom stereocenters. The van der Waals surface area contributed by atoms with Gasteiger partial charge in [-0.25, -0.2) is 9.97 Å². The first-order valence-electron chi connectivity index (χ1n) is 8.54. The zero-order valence-corrected chi connectivity index (χ0v) is 13.6. The van der Waals surface area contributed by atoms with Crippen molar-refractivity contribution in [3.8, 4) is 6.01 Å². The molecular formula is C18H22N4O2. The molecule has 1 aliphatic heterocycles. The Labute approximate surface area is 141 Å². The highest BCUT2D eigenvalue weighted by Crippen LogP contribution is 2.35. The van der Waals surface area contributed by atoms with Gasteiger partial charge < -0.3 is 9.47 Å². The van der Waals surface area contributed by atoms with Crippen molar-refractivity contribution in [2.45, 2.75) is 31.5 Å². The van der Waals surface area contributed by atoms with Crippen molar-refractivity contribution in [3.63, 3.8) is 0 Å². The van der Waals surface area contributed by atoms with E-state index in [4.69, 9.17) is 9.47 Å². The third-order valence-electron chi connectivity index (χ3n) is 4.94. The molecule has 1 saturated carbocycles. The van der Waals surface area contributed by atoms with Crippen molar-refractivity contribution >= 4 is 0 Å². The van der Waals surface area contributed by atoms with Crippen LogP contribution < -0.4 is 4.74 Å². The first-order chi connectivity index (χ1) is 11.9. The van der Waals surface area contributed by atoms with Crippen molar-refractivity contribution in [2.75, 3.05) is 19.8 Å². The molecule has 0 N–H and O–H groups in total. The molecule has 2 aromatic rings. The van der Waals surface area contributed by atoms with Gasteiger partial charge >= 0.3 is 6.01 Å². The van der Waals surface area contributed by atoms with Crippen LogP contribution >= 0.6 is 0 Å². The lowest BCUT2D eigenvalue weighted by Crippen LogP contribution is -2.50. The molecule has 0 spiro atoms. The highest BCUT2D eigenvalue weighted by atomic mass is 16.5. The average molecular weight is 326 g/mol. The number of ether oxygens (including phenoxy) is 2. The molecule has 0 aromatic carbocycles. The summed E-state index contributed by atoms with van der Waals surface area (Å²) >= 11 is 0. The normalized spacial score (nSPS) is 26.9. The number of hydrogen-bond donors (Lipinski definition) is 0. The Hall–Kier alpha value is -2.05. The van der Waals surface area contributed by atoms with Crippen LogP contribution in [0.25, 0.3) is 0 Å². The minimum Gasteiger partial charge on any atom is -0.463 e. The quantitative estimate of drug-likeness (QED) is 0.837. The summed E-state index contributed by atoms with van der Waals surface area (Å²) in [4.78, 5) is 14.9. The number of pyridine rings is 1. The number of morpholine rings is 1. The molecular weight excluding hydrogens is 304 g/mol. The molecule has 0 amide bonds. The van der Waals surface area contributed by atoms with Gasteiger partial charge in [0.25, 0.3) is 0 Å². The highest BCUT2D eigenvalue weighted by Gasteiger charge is 2.42. The second-order valence-electron chi connectivity index (χ2n) is 6.41. The lowest BCUT2D eigenvalue weighted by atomic mass is 10.0. The van der Waals surface area contributed by atoms with Gasteiger partial charge in [-0.15, -0.1) is 0 Å². The van der Waals surface area contributed by atoms with Crippen molar-refractivity contribution in [3.05, 3.63) is 48.5 Å². The summed E-state index contributed by atoms with van der Waals surface area (Å²) in [6, 6.07) is 6.89. The van der Waals surface area contributed by atoms with Crippen LogP contribution in [0.4, 0.5) is 0 Å². The van der Waals surface area contributed by atoms with E-state index in [-0.39, 0.29) is 6.10 Å². The Morgan fingerprint density at radius 2 is 1.96 bits per heavy atom. The van der Waals surface area contributed by atoms with E-state index in [1.165, 1.54) is 5.56 Å². The van der Waals surface area contributed by atoms with Gasteiger partial charge in [-0.05, 0) is 36.6 Å². The third-order valence-corrected chi connectivity index (χ3v) is 4.94. The van der Waals surface area contributed by atoms with Gasteiger partial charge in [0.2, 0.25) is 0 Å². The molecule has 3 heterocycles. The van der Waals surface area contributed by atoms with E-state index in [9.17, 15) is 0 Å². The number of hydrogen-bond acceptors (Lipinski definition) is 6. The highest BCUT2D eigenvalue weighted by molar-refractivity contribution is 5.10. The molecule has 24 heavy (non-hydrogen) atoms. The standard InChI is InChI=1S/C18H22N4O2/c1-6-20-18(21-7-1)24-13-15-2-3-16-17(15)23-11-10-22(16)12-14-4-8-19-9-5-14/h1,4-9,15-17H,2-3,10-13H2/t15-,16-,17-/m0/s1. The van der Waals surface area contributed by atoms with Crippen LogP contribution in [0.15, 0.2) is 43.0 Å². The third kappa shape index (κ3) is 3.39. The summed E-state index contributed by atoms with van der Waals surface area (Å²) in [5, 5.41) is 0. The van der Waals surface area contributed by atoms with Gasteiger partial charge in [-0.2, -0.15) is 0 Å². The zero-order valence-electron chi connectivity index (χ0n) is 13.6. The summed E-state index contributed by atoms with van der Waals surface area (Å²) in [6.07, 6.45) is 9.63. The predicted molar refractivity (Wildman–Crippen MR) is 88.4 cm³/mol. The van der Waals surface area contributed by atoms with Crippen molar-refractivity contribution in [2.24, 2.45) is 5.92 Å². The molecule has 1 aliphatic carbocycles. The molecule has 0 radical (unpaired) electrons. The van der Waals surface area contributed by atoms with Crippen molar-refractivity contribution in [1.29, 1.82) is 0 Å². The van der Waals surface area contributed by atoms with Gasteiger partial charge in [-0.1, -0.05) is 0 Å². The van der Waals surface area contributed by atoms with Crippen molar-refractivity contribution < 1.29 is 9.47 Å². The van der Waals surface area contributed by atoms with Crippen LogP contribution in [0.5, 0.6) is 6.01 Å². The van der Waals surface area contributed by atoms with Gasteiger partial charge in [0.05, 0.1) is 19.3 Å². The first kappa shape index (κ1) is 15.5. The number of fused-ring (bicyclic) bond motifs is 1. The van der Waals surface area contributed by atoms with E-state index in [0.29, 0.717) is 24.6 Å². The summed E-state index contributed by atoms with van der Waals surface area (Å²) in [6.45, 7) is 3.35. The van der Waals surface area contributed by atoms with Crippen LogP contribution in [0.3, 0.4) is 0 Å². The summed E-state index contributed by atoms with van der Waals surface area (Å²) < 4.78 is 11.9. The molecule has 4 rings (SSSR count). The second-order valence-corrected chi connectivity index (χ2v) is 6.41. The maximum absolute atomic E-state index is 6.10. The van der Waals surface area contributed by atoms with Crippen LogP contribution in [0, 0.1) is 5.92 Å². The molecule has 2 fully saturated rings. The Morgan fingerprint density at radius 1 is 1.12 bits per heavy atom. The van der Waals surface area contributed by atoms with Crippen LogP contribution in [-0.2, 0) is 11.3 Å². The molecule has 6 heteroatoms. The summed E-state index contributed by atoms with van der Waals surface area (Å²) in [5.74, 6) is 0.402. The molecule has 6 nitrogen and oxygen atoms in total. The number of rotatable bonds is 5. The lowest BCUT2D eigenvalue weighted by Gasteiger charge is -2.39. The van der Waals surface area contributed by atoms with Crippen LogP contribution in [0.2, 0.25) is 0 Å². The Kier molecular flexibility index (Phi) is 4.66. The minimum atomic E-state index is 0.240. The van der Waals surface area contributed by atoms with E-state index in [0.717, 1.165) is 32.5 Å². The van der Waals surface area contributed by atoms with E-state index < -0.39 is 0 Å². The minimum absolute atomic E-state index is 0.240. The maximum Gasteiger partial charge on any atom is 0.316 e. The molecule has 2 aromatic heterocycles. The average Bonchev–Trinajstić information content (AvgIpc) is 3.06. The smallest absolute Gasteiger partial charge is 0.316 e. The fraction of sp³-hybridized carbons (Fsp3) is 0.500. The van der Waals surface area contributed by atoms with Crippen molar-refractivity contribution in [1.82, 2.24) is 19.9 Å². The second kappa shape index (κ2) is 7.23. The van der Waals surface area contributed by atoms with E-state index in [1.807, 2.05) is 12.4 Å².